The lowest BCUT2D eigenvalue weighted by Crippen LogP contribution is -2.49. The standard InChI is InChI=1S/C8H17NO2/c1-8(9,6-10)7-2-4-11-5-3-7/h7,10H,2-6,9H2,1H3. The molecule has 0 bridgehead atoms. The Balaban J connectivity index is 2.43. The van der Waals surface area contributed by atoms with E-state index in [2.05, 4.69) is 0 Å². The highest BCUT2D eigenvalue weighted by Crippen LogP contribution is 2.24. The Morgan fingerprint density at radius 2 is 2.09 bits per heavy atom. The first-order chi connectivity index (χ1) is 5.17. The molecule has 0 spiro atoms. The van der Waals surface area contributed by atoms with E-state index in [1.54, 1.807) is 0 Å². The summed E-state index contributed by atoms with van der Waals surface area (Å²) < 4.78 is 5.20. The summed E-state index contributed by atoms with van der Waals surface area (Å²) in [6.07, 6.45) is 1.96. The van der Waals surface area contributed by atoms with Crippen molar-refractivity contribution in [1.29, 1.82) is 0 Å². The fourth-order valence-electron chi connectivity index (χ4n) is 1.49. The predicted octanol–water partition coefficient (Wildman–Crippen LogP) is 0.123. The van der Waals surface area contributed by atoms with Crippen LogP contribution in [0.3, 0.4) is 0 Å². The summed E-state index contributed by atoms with van der Waals surface area (Å²) in [4.78, 5) is 0. The Morgan fingerprint density at radius 3 is 2.55 bits per heavy atom. The summed E-state index contributed by atoms with van der Waals surface area (Å²) in [6.45, 7) is 3.55. The van der Waals surface area contributed by atoms with Crippen LogP contribution in [0.25, 0.3) is 0 Å². The molecule has 0 aromatic carbocycles. The SMILES string of the molecule is CC(N)(CO)C1CCOCC1. The average Bonchev–Trinajstić information content (AvgIpc) is 2.06. The van der Waals surface area contributed by atoms with E-state index in [-0.39, 0.29) is 6.61 Å². The molecule has 1 fully saturated rings. The molecule has 0 radical (unpaired) electrons. The Kier molecular flexibility index (Phi) is 2.87. The van der Waals surface area contributed by atoms with Crippen LogP contribution in [-0.2, 0) is 4.74 Å². The zero-order valence-electron chi connectivity index (χ0n) is 7.05. The van der Waals surface area contributed by atoms with Gasteiger partial charge in [-0.15, -0.1) is 0 Å². The molecule has 1 rings (SSSR count). The molecular formula is C8H17NO2. The molecule has 11 heavy (non-hydrogen) atoms. The summed E-state index contributed by atoms with van der Waals surface area (Å²) in [6, 6.07) is 0. The third-order valence-electron chi connectivity index (χ3n) is 2.49. The molecule has 1 aliphatic heterocycles. The molecule has 1 unspecified atom stereocenters. The molecular weight excluding hydrogens is 142 g/mol. The molecule has 1 saturated heterocycles. The normalized spacial score (nSPS) is 26.5. The van der Waals surface area contributed by atoms with E-state index < -0.39 is 5.54 Å². The van der Waals surface area contributed by atoms with E-state index in [4.69, 9.17) is 15.6 Å². The number of aliphatic hydroxyl groups is 1. The van der Waals surface area contributed by atoms with Gasteiger partial charge in [0.15, 0.2) is 0 Å². The fourth-order valence-corrected chi connectivity index (χ4v) is 1.49. The van der Waals surface area contributed by atoms with Crippen molar-refractivity contribution >= 4 is 0 Å². The van der Waals surface area contributed by atoms with Crippen LogP contribution in [0, 0.1) is 5.92 Å². The molecule has 3 nitrogen and oxygen atoms in total. The Morgan fingerprint density at radius 1 is 1.55 bits per heavy atom. The van der Waals surface area contributed by atoms with Gasteiger partial charge in [-0.25, -0.2) is 0 Å². The largest absolute Gasteiger partial charge is 0.394 e. The lowest BCUT2D eigenvalue weighted by molar-refractivity contribution is 0.0269. The van der Waals surface area contributed by atoms with Gasteiger partial charge in [0.1, 0.15) is 0 Å². The van der Waals surface area contributed by atoms with Crippen LogP contribution in [0.15, 0.2) is 0 Å². The molecule has 0 saturated carbocycles. The van der Waals surface area contributed by atoms with Crippen molar-refractivity contribution in [3.63, 3.8) is 0 Å². The van der Waals surface area contributed by atoms with Crippen molar-refractivity contribution in [1.82, 2.24) is 0 Å². The van der Waals surface area contributed by atoms with Crippen LogP contribution in [0.1, 0.15) is 19.8 Å². The van der Waals surface area contributed by atoms with Gasteiger partial charge in [0.05, 0.1) is 6.61 Å². The summed E-state index contributed by atoms with van der Waals surface area (Å²) >= 11 is 0. The van der Waals surface area contributed by atoms with Crippen LogP contribution >= 0.6 is 0 Å². The lowest BCUT2D eigenvalue weighted by atomic mass is 9.82. The quantitative estimate of drug-likeness (QED) is 0.602. The van der Waals surface area contributed by atoms with Gasteiger partial charge in [-0.05, 0) is 25.7 Å². The van der Waals surface area contributed by atoms with Crippen molar-refractivity contribution in [2.75, 3.05) is 19.8 Å². The first kappa shape index (κ1) is 8.97. The fraction of sp³-hybridized carbons (Fsp3) is 1.00. The van der Waals surface area contributed by atoms with E-state index in [0.29, 0.717) is 5.92 Å². The van der Waals surface area contributed by atoms with Gasteiger partial charge in [0, 0.05) is 18.8 Å². The van der Waals surface area contributed by atoms with Crippen LogP contribution in [-0.4, -0.2) is 30.5 Å². The van der Waals surface area contributed by atoms with Gasteiger partial charge >= 0.3 is 0 Å². The van der Waals surface area contributed by atoms with E-state index in [1.165, 1.54) is 0 Å². The van der Waals surface area contributed by atoms with Gasteiger partial charge in [-0.2, -0.15) is 0 Å². The second-order valence-corrected chi connectivity index (χ2v) is 3.55. The Hall–Kier alpha value is -0.120. The van der Waals surface area contributed by atoms with Crippen LogP contribution in [0.4, 0.5) is 0 Å². The minimum Gasteiger partial charge on any atom is -0.394 e. The first-order valence-electron chi connectivity index (χ1n) is 4.14. The maximum absolute atomic E-state index is 8.98. The van der Waals surface area contributed by atoms with Crippen LogP contribution in [0.5, 0.6) is 0 Å². The Labute approximate surface area is 67.5 Å². The second-order valence-electron chi connectivity index (χ2n) is 3.55. The molecule has 1 atom stereocenters. The molecule has 1 aliphatic rings. The average molecular weight is 159 g/mol. The number of nitrogens with two attached hydrogens (primary N) is 1. The monoisotopic (exact) mass is 159 g/mol. The number of hydrogen-bond donors (Lipinski definition) is 2. The lowest BCUT2D eigenvalue weighted by Gasteiger charge is -2.35. The zero-order chi connectivity index (χ0) is 8.32. The van der Waals surface area contributed by atoms with E-state index in [0.717, 1.165) is 26.1 Å². The van der Waals surface area contributed by atoms with Gasteiger partial charge in [0.2, 0.25) is 0 Å². The topological polar surface area (TPSA) is 55.5 Å². The van der Waals surface area contributed by atoms with Crippen LogP contribution in [0.2, 0.25) is 0 Å². The highest BCUT2D eigenvalue weighted by Gasteiger charge is 2.30. The minimum atomic E-state index is -0.413. The maximum atomic E-state index is 8.98. The zero-order valence-corrected chi connectivity index (χ0v) is 7.05. The predicted molar refractivity (Wildman–Crippen MR) is 43.2 cm³/mol. The van der Waals surface area contributed by atoms with Crippen molar-refractivity contribution in [2.45, 2.75) is 25.3 Å². The van der Waals surface area contributed by atoms with E-state index >= 15 is 0 Å². The third kappa shape index (κ3) is 2.15. The van der Waals surface area contributed by atoms with Gasteiger partial charge in [-0.1, -0.05) is 0 Å². The molecule has 0 amide bonds. The number of hydrogen-bond acceptors (Lipinski definition) is 3. The van der Waals surface area contributed by atoms with Gasteiger partial charge in [-0.3, -0.25) is 0 Å². The highest BCUT2D eigenvalue weighted by molar-refractivity contribution is 4.87. The van der Waals surface area contributed by atoms with Gasteiger partial charge in [0.25, 0.3) is 0 Å². The number of ether oxygens (including phenoxy) is 1. The summed E-state index contributed by atoms with van der Waals surface area (Å²) in [7, 11) is 0. The third-order valence-corrected chi connectivity index (χ3v) is 2.49. The molecule has 0 aromatic heterocycles. The summed E-state index contributed by atoms with van der Waals surface area (Å²) in [5.41, 5.74) is 5.47. The molecule has 3 heteroatoms. The molecule has 0 aromatic rings. The van der Waals surface area contributed by atoms with Gasteiger partial charge < -0.3 is 15.6 Å². The molecule has 1 heterocycles. The minimum absolute atomic E-state index is 0.0671. The van der Waals surface area contributed by atoms with Crippen molar-refractivity contribution < 1.29 is 9.84 Å². The second kappa shape index (κ2) is 3.52. The Bertz CT molecular complexity index is 119. The van der Waals surface area contributed by atoms with Crippen molar-refractivity contribution in [2.24, 2.45) is 11.7 Å². The molecule has 66 valence electrons. The van der Waals surface area contributed by atoms with E-state index in [9.17, 15) is 0 Å². The maximum Gasteiger partial charge on any atom is 0.0611 e. The summed E-state index contributed by atoms with van der Waals surface area (Å²) in [5.74, 6) is 0.418. The van der Waals surface area contributed by atoms with Crippen LogP contribution < -0.4 is 5.73 Å². The smallest absolute Gasteiger partial charge is 0.0611 e. The summed E-state index contributed by atoms with van der Waals surface area (Å²) in [5, 5.41) is 8.98. The number of aliphatic hydroxyl groups excluding tert-OH is 1. The molecule has 3 N–H and O–H groups in total. The van der Waals surface area contributed by atoms with Crippen molar-refractivity contribution in [3.8, 4) is 0 Å². The highest BCUT2D eigenvalue weighted by atomic mass is 16.5. The first-order valence-corrected chi connectivity index (χ1v) is 4.14. The van der Waals surface area contributed by atoms with Crippen molar-refractivity contribution in [3.05, 3.63) is 0 Å². The van der Waals surface area contributed by atoms with E-state index in [1.807, 2.05) is 6.92 Å². The number of rotatable bonds is 2. The molecule has 0 aliphatic carbocycles.